The van der Waals surface area contributed by atoms with Crippen molar-refractivity contribution in [3.63, 3.8) is 0 Å². The SMILES string of the molecule is C=CC(C=C)=C(C=C)/C(C)=C\C.CC.CC.CC. The zero-order valence-corrected chi connectivity index (χ0v) is 13.9. The summed E-state index contributed by atoms with van der Waals surface area (Å²) in [5, 5.41) is 0. The van der Waals surface area contributed by atoms with E-state index in [1.807, 2.05) is 67.5 Å². The van der Waals surface area contributed by atoms with E-state index in [9.17, 15) is 0 Å². The second-order valence-electron chi connectivity index (χ2n) is 2.45. The Morgan fingerprint density at radius 3 is 1.22 bits per heavy atom. The number of hydrogen-bond acceptors (Lipinski definition) is 0. The third-order valence-corrected chi connectivity index (χ3v) is 1.81. The number of hydrogen-bond donors (Lipinski definition) is 0. The molecule has 0 atom stereocenters. The summed E-state index contributed by atoms with van der Waals surface area (Å²) in [6.07, 6.45) is 7.45. The van der Waals surface area contributed by atoms with Gasteiger partial charge in [-0.3, -0.25) is 0 Å². The minimum absolute atomic E-state index is 1.03. The maximum Gasteiger partial charge on any atom is -0.0164 e. The molecule has 0 fully saturated rings. The Kier molecular flexibility index (Phi) is 35.1. The van der Waals surface area contributed by atoms with Gasteiger partial charge < -0.3 is 0 Å². The van der Waals surface area contributed by atoms with Gasteiger partial charge in [-0.15, -0.1) is 0 Å². The van der Waals surface area contributed by atoms with Crippen LogP contribution in [0.15, 0.2) is 60.8 Å². The molecule has 0 unspecified atom stereocenters. The average molecular weight is 250 g/mol. The summed E-state index contributed by atoms with van der Waals surface area (Å²) in [6, 6.07) is 0. The van der Waals surface area contributed by atoms with E-state index in [0.29, 0.717) is 0 Å². The normalized spacial score (nSPS) is 7.89. The molecule has 0 radical (unpaired) electrons. The first-order valence-electron chi connectivity index (χ1n) is 6.96. The molecule has 0 saturated carbocycles. The van der Waals surface area contributed by atoms with Gasteiger partial charge in [-0.1, -0.05) is 85.6 Å². The van der Waals surface area contributed by atoms with Crippen LogP contribution in [0.4, 0.5) is 0 Å². The summed E-state index contributed by atoms with van der Waals surface area (Å²) in [5.74, 6) is 0. The van der Waals surface area contributed by atoms with E-state index < -0.39 is 0 Å². The van der Waals surface area contributed by atoms with Crippen molar-refractivity contribution in [2.45, 2.75) is 55.4 Å². The number of allylic oxidation sites excluding steroid dienone is 7. The zero-order chi connectivity index (χ0) is 15.6. The Labute approximate surface area is 117 Å². The molecule has 0 spiro atoms. The predicted octanol–water partition coefficient (Wildman–Crippen LogP) is 6.89. The molecule has 0 saturated heterocycles. The van der Waals surface area contributed by atoms with Crippen molar-refractivity contribution >= 4 is 0 Å². The van der Waals surface area contributed by atoms with Crippen LogP contribution in [0.25, 0.3) is 0 Å². The van der Waals surface area contributed by atoms with Gasteiger partial charge in [0.05, 0.1) is 0 Å². The quantitative estimate of drug-likeness (QED) is 0.477. The van der Waals surface area contributed by atoms with E-state index in [4.69, 9.17) is 0 Å². The fourth-order valence-corrected chi connectivity index (χ4v) is 0.965. The van der Waals surface area contributed by atoms with Crippen LogP contribution >= 0.6 is 0 Å². The van der Waals surface area contributed by atoms with Crippen molar-refractivity contribution in [1.82, 2.24) is 0 Å². The second kappa shape index (κ2) is 24.8. The lowest BCUT2D eigenvalue weighted by Crippen LogP contribution is -1.85. The van der Waals surface area contributed by atoms with Gasteiger partial charge >= 0.3 is 0 Å². The lowest BCUT2D eigenvalue weighted by molar-refractivity contribution is 1.37. The van der Waals surface area contributed by atoms with Gasteiger partial charge in [0.25, 0.3) is 0 Å². The summed E-state index contributed by atoms with van der Waals surface area (Å²) < 4.78 is 0. The van der Waals surface area contributed by atoms with Gasteiger partial charge in [-0.2, -0.15) is 0 Å². The van der Waals surface area contributed by atoms with Gasteiger partial charge in [0, 0.05) is 0 Å². The fourth-order valence-electron chi connectivity index (χ4n) is 0.965. The Morgan fingerprint density at radius 1 is 0.722 bits per heavy atom. The van der Waals surface area contributed by atoms with Crippen LogP contribution in [0.1, 0.15) is 55.4 Å². The summed E-state index contributed by atoms with van der Waals surface area (Å²) in [4.78, 5) is 0. The van der Waals surface area contributed by atoms with Crippen LogP contribution in [0.3, 0.4) is 0 Å². The van der Waals surface area contributed by atoms with Crippen LogP contribution in [0, 0.1) is 0 Å². The molecule has 0 amide bonds. The third-order valence-electron chi connectivity index (χ3n) is 1.81. The van der Waals surface area contributed by atoms with Crippen LogP contribution in [0.2, 0.25) is 0 Å². The molecule has 18 heavy (non-hydrogen) atoms. The standard InChI is InChI=1S/C12H16.3C2H6/c1-6-10(5)12(9-4)11(7-2)8-3;3*1-2/h6-9H,2-4H2,1,5H3;3*1-2H3/b10-6-;;;. The molecule has 0 heterocycles. The summed E-state index contributed by atoms with van der Waals surface area (Å²) in [5.41, 5.74) is 3.32. The first kappa shape index (κ1) is 25.5. The molecule has 0 aliphatic heterocycles. The van der Waals surface area contributed by atoms with E-state index in [1.165, 1.54) is 5.57 Å². The minimum atomic E-state index is 1.03. The molecule has 0 heteroatoms. The van der Waals surface area contributed by atoms with Gasteiger partial charge in [-0.25, -0.2) is 0 Å². The van der Waals surface area contributed by atoms with Crippen LogP contribution in [-0.4, -0.2) is 0 Å². The van der Waals surface area contributed by atoms with E-state index in [0.717, 1.165) is 11.1 Å². The smallest absolute Gasteiger partial charge is 0.0164 e. The van der Waals surface area contributed by atoms with E-state index in [2.05, 4.69) is 19.7 Å². The predicted molar refractivity (Wildman–Crippen MR) is 91.1 cm³/mol. The van der Waals surface area contributed by atoms with Gasteiger partial charge in [-0.05, 0) is 30.6 Å². The van der Waals surface area contributed by atoms with Crippen molar-refractivity contribution in [1.29, 1.82) is 0 Å². The zero-order valence-electron chi connectivity index (χ0n) is 13.9. The molecule has 106 valence electrons. The highest BCUT2D eigenvalue weighted by Crippen LogP contribution is 2.16. The fraction of sp³-hybridized carbons (Fsp3) is 0.444. The lowest BCUT2D eigenvalue weighted by Gasteiger charge is -2.04. The molecule has 0 rings (SSSR count). The highest BCUT2D eigenvalue weighted by molar-refractivity contribution is 5.48. The Hall–Kier alpha value is -1.30. The van der Waals surface area contributed by atoms with Gasteiger partial charge in [0.1, 0.15) is 0 Å². The maximum absolute atomic E-state index is 3.75. The third kappa shape index (κ3) is 12.8. The van der Waals surface area contributed by atoms with Crippen molar-refractivity contribution in [3.8, 4) is 0 Å². The van der Waals surface area contributed by atoms with E-state index in [1.54, 1.807) is 12.2 Å². The molecule has 0 aliphatic rings. The topological polar surface area (TPSA) is 0 Å². The Bertz CT molecular complexity index is 239. The highest BCUT2D eigenvalue weighted by atomic mass is 14.0. The lowest BCUT2D eigenvalue weighted by atomic mass is 10.0. The molecule has 0 nitrogen and oxygen atoms in total. The molecule has 0 aromatic carbocycles. The van der Waals surface area contributed by atoms with Crippen molar-refractivity contribution in [3.05, 3.63) is 60.8 Å². The van der Waals surface area contributed by atoms with Gasteiger partial charge in [0.2, 0.25) is 0 Å². The largest absolute Gasteiger partial charge is 0.0984 e. The molecule has 0 N–H and O–H groups in total. The molecule has 0 aromatic rings. The van der Waals surface area contributed by atoms with E-state index >= 15 is 0 Å². The monoisotopic (exact) mass is 250 g/mol. The van der Waals surface area contributed by atoms with Gasteiger partial charge in [0.15, 0.2) is 0 Å². The maximum atomic E-state index is 3.75. The minimum Gasteiger partial charge on any atom is -0.0984 e. The Balaban J connectivity index is -0.000000141. The first-order valence-corrected chi connectivity index (χ1v) is 6.96. The first-order chi connectivity index (χ1) is 8.71. The van der Waals surface area contributed by atoms with Crippen molar-refractivity contribution in [2.75, 3.05) is 0 Å². The van der Waals surface area contributed by atoms with Crippen LogP contribution < -0.4 is 0 Å². The summed E-state index contributed by atoms with van der Waals surface area (Å²) >= 11 is 0. The van der Waals surface area contributed by atoms with Crippen LogP contribution in [-0.2, 0) is 0 Å². The number of rotatable bonds is 4. The average Bonchev–Trinajstić information content (AvgIpc) is 2.50. The molecule has 0 aromatic heterocycles. The molecular formula is C18H34. The van der Waals surface area contributed by atoms with Crippen molar-refractivity contribution < 1.29 is 0 Å². The molecular weight excluding hydrogens is 216 g/mol. The Morgan fingerprint density at radius 2 is 1.06 bits per heavy atom. The summed E-state index contributed by atoms with van der Waals surface area (Å²) in [6.45, 7) is 27.2. The second-order valence-corrected chi connectivity index (χ2v) is 2.45. The van der Waals surface area contributed by atoms with Crippen LogP contribution in [0.5, 0.6) is 0 Å². The highest BCUT2D eigenvalue weighted by Gasteiger charge is 1.97. The molecule has 0 bridgehead atoms. The van der Waals surface area contributed by atoms with E-state index in [-0.39, 0.29) is 0 Å². The molecule has 0 aliphatic carbocycles. The summed E-state index contributed by atoms with van der Waals surface area (Å²) in [7, 11) is 0. The van der Waals surface area contributed by atoms with Crippen molar-refractivity contribution in [2.24, 2.45) is 0 Å².